The molecule has 0 heterocycles. The third-order valence-electron chi connectivity index (χ3n) is 13.5. The van der Waals surface area contributed by atoms with E-state index in [9.17, 15) is 19.4 Å². The minimum absolute atomic E-state index is 0.0712. The number of aliphatic hydroxyl groups is 1. The predicted molar refractivity (Wildman–Crippen MR) is 332 cm³/mol. The van der Waals surface area contributed by atoms with Crippen LogP contribution in [0.1, 0.15) is 258 Å². The van der Waals surface area contributed by atoms with Gasteiger partial charge in [0.2, 0.25) is 5.91 Å². The van der Waals surface area contributed by atoms with Crippen molar-refractivity contribution in [2.24, 2.45) is 0 Å². The van der Waals surface area contributed by atoms with Gasteiger partial charge in [-0.15, -0.1) is 0 Å². The number of likely N-dealkylation sites (N-methyl/N-ethyl adjacent to an activating group) is 1. The van der Waals surface area contributed by atoms with Crippen LogP contribution in [0.5, 0.6) is 0 Å². The molecule has 0 rings (SSSR count). The second kappa shape index (κ2) is 56.9. The van der Waals surface area contributed by atoms with E-state index in [0.717, 1.165) is 96.3 Å². The molecule has 3 atom stereocenters. The van der Waals surface area contributed by atoms with E-state index in [0.29, 0.717) is 23.9 Å². The van der Waals surface area contributed by atoms with Crippen LogP contribution in [0, 0.1) is 0 Å². The molecule has 0 saturated heterocycles. The number of carbonyl (C=O) groups excluding carboxylic acids is 1. The number of hydrogen-bond acceptors (Lipinski definition) is 5. The van der Waals surface area contributed by atoms with E-state index < -0.39 is 20.0 Å². The van der Waals surface area contributed by atoms with Crippen LogP contribution in [-0.4, -0.2) is 73.4 Å². The lowest BCUT2D eigenvalue weighted by molar-refractivity contribution is -0.870. The average Bonchev–Trinajstić information content (AvgIpc) is 3.38. The van der Waals surface area contributed by atoms with Crippen LogP contribution in [0.25, 0.3) is 0 Å². The number of hydrogen-bond donors (Lipinski definition) is 3. The van der Waals surface area contributed by atoms with Crippen LogP contribution in [0.2, 0.25) is 0 Å². The van der Waals surface area contributed by atoms with Crippen molar-refractivity contribution >= 4 is 13.7 Å². The number of allylic oxidation sites excluding steroid dienone is 18. The summed E-state index contributed by atoms with van der Waals surface area (Å²) in [5.74, 6) is -0.149. The number of amides is 1. The fourth-order valence-electron chi connectivity index (χ4n) is 8.69. The van der Waals surface area contributed by atoms with Gasteiger partial charge in [-0.05, 0) is 83.5 Å². The molecule has 0 radical (unpaired) electrons. The number of rotatable bonds is 56. The molecule has 0 aromatic carbocycles. The number of carbonyl (C=O) groups is 1. The van der Waals surface area contributed by atoms with Crippen LogP contribution < -0.4 is 5.32 Å². The quantitative estimate of drug-likeness (QED) is 0.0243. The molecule has 438 valence electrons. The Kier molecular flexibility index (Phi) is 54.7. The monoisotopic (exact) mass is 1080 g/mol. The SMILES string of the molecule is CC/C=C\C/C=C\C/C=C\C/C=C\C/C=C\C/C=C\C/C=C\C/C=C\C/C=C\CCCCCCCCCCCCCCCC(=O)NC(COP(=O)(O)OCC[N+](C)(C)C)C(O)CCCCCCCCCCCCCCC. The highest BCUT2D eigenvalue weighted by Crippen LogP contribution is 2.43. The molecule has 0 aliphatic heterocycles. The molecule has 0 aliphatic rings. The molecule has 3 unspecified atom stereocenters. The van der Waals surface area contributed by atoms with Crippen LogP contribution in [-0.2, 0) is 18.4 Å². The molecule has 3 N–H and O–H groups in total. The third-order valence-corrected chi connectivity index (χ3v) is 14.5. The summed E-state index contributed by atoms with van der Waals surface area (Å²) in [4.78, 5) is 23.3. The van der Waals surface area contributed by atoms with Crippen LogP contribution in [0.4, 0.5) is 0 Å². The summed E-state index contributed by atoms with van der Waals surface area (Å²) < 4.78 is 23.8. The van der Waals surface area contributed by atoms with Crippen molar-refractivity contribution in [1.82, 2.24) is 5.32 Å². The summed E-state index contributed by atoms with van der Waals surface area (Å²) in [5.41, 5.74) is 0. The van der Waals surface area contributed by atoms with Crippen molar-refractivity contribution in [2.75, 3.05) is 40.9 Å². The number of aliphatic hydroxyl groups excluding tert-OH is 1. The Morgan fingerprint density at radius 3 is 1.16 bits per heavy atom. The van der Waals surface area contributed by atoms with Gasteiger partial charge in [0, 0.05) is 6.42 Å². The summed E-state index contributed by atoms with van der Waals surface area (Å²) in [6.45, 7) is 4.77. The minimum Gasteiger partial charge on any atom is -0.391 e. The van der Waals surface area contributed by atoms with E-state index >= 15 is 0 Å². The molecule has 0 aromatic heterocycles. The molecule has 9 heteroatoms. The second-order valence-electron chi connectivity index (χ2n) is 22.1. The molecule has 8 nitrogen and oxygen atoms in total. The van der Waals surface area contributed by atoms with E-state index in [4.69, 9.17) is 9.05 Å². The van der Waals surface area contributed by atoms with Crippen LogP contribution in [0.3, 0.4) is 0 Å². The zero-order chi connectivity index (χ0) is 55.6. The van der Waals surface area contributed by atoms with Crippen molar-refractivity contribution in [2.45, 2.75) is 270 Å². The first-order valence-electron chi connectivity index (χ1n) is 31.3. The molecule has 0 spiro atoms. The zero-order valence-corrected chi connectivity index (χ0v) is 50.9. The lowest BCUT2D eigenvalue weighted by atomic mass is 10.0. The molecule has 0 fully saturated rings. The maximum Gasteiger partial charge on any atom is 0.472 e. The molecule has 0 aromatic rings. The van der Waals surface area contributed by atoms with E-state index in [1.54, 1.807) is 0 Å². The number of nitrogens with zero attached hydrogens (tertiary/aromatic N) is 1. The average molecular weight is 1080 g/mol. The Morgan fingerprint density at radius 2 is 0.789 bits per heavy atom. The minimum atomic E-state index is -4.33. The molecule has 1 amide bonds. The van der Waals surface area contributed by atoms with Gasteiger partial charge in [-0.2, -0.15) is 0 Å². The summed E-state index contributed by atoms with van der Waals surface area (Å²) in [6.07, 6.45) is 83.1. The molecular formula is C67H120N2O6P+. The van der Waals surface area contributed by atoms with Gasteiger partial charge in [0.1, 0.15) is 13.2 Å². The van der Waals surface area contributed by atoms with Gasteiger partial charge < -0.3 is 19.8 Å². The standard InChI is InChI=1S/C67H119N2O6P/c1-6-8-10-12-14-16-18-20-21-22-23-24-25-26-27-28-29-30-31-32-33-34-35-36-37-38-39-40-41-42-43-44-45-46-47-49-51-53-55-57-59-61-67(71)68-65(64-75-76(72,73)74-63-62-69(3,4)5)66(70)60-58-56-54-52-50-48-19-17-15-13-11-9-7-2/h8,10,14,16,20-21,23-24,26-27,29-30,32-33,35-36,38-39,65-66,70H,6-7,9,11-13,15,17-19,22,25,28,31,34,37,40-64H2,1-5H3,(H-,68,71,72,73)/p+1/b10-8-,16-14-,21-20-,24-23-,27-26-,30-29-,33-32-,36-35-,39-38-. The number of quaternary nitrogens is 1. The van der Waals surface area contributed by atoms with Crippen LogP contribution >= 0.6 is 7.82 Å². The van der Waals surface area contributed by atoms with Crippen LogP contribution in [0.15, 0.2) is 109 Å². The van der Waals surface area contributed by atoms with Gasteiger partial charge in [-0.25, -0.2) is 4.57 Å². The largest absolute Gasteiger partial charge is 0.472 e. The third kappa shape index (κ3) is 58.8. The Balaban J connectivity index is 3.99. The van der Waals surface area contributed by atoms with Crippen molar-refractivity contribution in [3.63, 3.8) is 0 Å². The Bertz CT molecular complexity index is 1600. The zero-order valence-electron chi connectivity index (χ0n) is 50.0. The molecule has 76 heavy (non-hydrogen) atoms. The summed E-state index contributed by atoms with van der Waals surface area (Å²) in [7, 11) is 1.61. The van der Waals surface area contributed by atoms with Gasteiger partial charge in [-0.3, -0.25) is 13.8 Å². The Morgan fingerprint density at radius 1 is 0.461 bits per heavy atom. The summed E-state index contributed by atoms with van der Waals surface area (Å²) in [5, 5.41) is 14.0. The summed E-state index contributed by atoms with van der Waals surface area (Å²) >= 11 is 0. The van der Waals surface area contributed by atoms with Crippen molar-refractivity contribution in [3.8, 4) is 0 Å². The van der Waals surface area contributed by atoms with Gasteiger partial charge >= 0.3 is 7.82 Å². The van der Waals surface area contributed by atoms with E-state index in [-0.39, 0.29) is 19.1 Å². The normalized spacial score (nSPS) is 14.6. The van der Waals surface area contributed by atoms with Gasteiger partial charge in [0.15, 0.2) is 0 Å². The maximum atomic E-state index is 13.0. The number of phosphoric acid groups is 1. The smallest absolute Gasteiger partial charge is 0.391 e. The second-order valence-corrected chi connectivity index (χ2v) is 23.5. The predicted octanol–water partition coefficient (Wildman–Crippen LogP) is 19.5. The first kappa shape index (κ1) is 73.2. The number of nitrogens with one attached hydrogen (secondary N) is 1. The van der Waals surface area contributed by atoms with Gasteiger partial charge in [-0.1, -0.05) is 277 Å². The lowest BCUT2D eigenvalue weighted by Crippen LogP contribution is -2.46. The number of phosphoric ester groups is 1. The summed E-state index contributed by atoms with van der Waals surface area (Å²) in [6, 6.07) is -0.766. The topological polar surface area (TPSA) is 105 Å². The van der Waals surface area contributed by atoms with E-state index in [1.165, 1.54) is 135 Å². The molecule has 0 aliphatic carbocycles. The van der Waals surface area contributed by atoms with E-state index in [2.05, 4.69) is 129 Å². The fraction of sp³-hybridized carbons (Fsp3) is 0.716. The fourth-order valence-corrected chi connectivity index (χ4v) is 9.42. The van der Waals surface area contributed by atoms with Crippen molar-refractivity contribution < 1.29 is 32.9 Å². The Hall–Kier alpha value is -2.84. The highest BCUT2D eigenvalue weighted by molar-refractivity contribution is 7.47. The van der Waals surface area contributed by atoms with Crippen molar-refractivity contribution in [1.29, 1.82) is 0 Å². The molecule has 0 saturated carbocycles. The first-order valence-corrected chi connectivity index (χ1v) is 32.7. The van der Waals surface area contributed by atoms with Gasteiger partial charge in [0.05, 0.1) is 39.9 Å². The molecule has 0 bridgehead atoms. The highest BCUT2D eigenvalue weighted by atomic mass is 31.2. The Labute approximate surface area is 470 Å². The molecular weight excluding hydrogens is 960 g/mol. The van der Waals surface area contributed by atoms with Gasteiger partial charge in [0.25, 0.3) is 0 Å². The van der Waals surface area contributed by atoms with E-state index in [1.807, 2.05) is 21.1 Å². The van der Waals surface area contributed by atoms with Crippen molar-refractivity contribution in [3.05, 3.63) is 109 Å². The number of unbranched alkanes of at least 4 members (excludes halogenated alkanes) is 25. The highest BCUT2D eigenvalue weighted by Gasteiger charge is 2.28. The lowest BCUT2D eigenvalue weighted by Gasteiger charge is -2.26. The maximum absolute atomic E-state index is 13.0. The first-order chi connectivity index (χ1) is 37.0.